The Morgan fingerprint density at radius 1 is 1.32 bits per heavy atom. The van der Waals surface area contributed by atoms with E-state index in [0.29, 0.717) is 6.61 Å². The van der Waals surface area contributed by atoms with Gasteiger partial charge in [0.2, 0.25) is 0 Å². The van der Waals surface area contributed by atoms with Crippen molar-refractivity contribution in [1.29, 1.82) is 0 Å². The summed E-state index contributed by atoms with van der Waals surface area (Å²) in [5, 5.41) is 9.43. The molecule has 0 heterocycles. The van der Waals surface area contributed by atoms with Gasteiger partial charge in [0.1, 0.15) is 0 Å². The minimum absolute atomic E-state index is 0.0523. The van der Waals surface area contributed by atoms with Gasteiger partial charge in [-0.15, -0.1) is 0 Å². The van der Waals surface area contributed by atoms with Gasteiger partial charge in [0.15, 0.2) is 0 Å². The third-order valence-electron chi connectivity index (χ3n) is 4.34. The predicted octanol–water partition coefficient (Wildman–Crippen LogP) is 3.12. The summed E-state index contributed by atoms with van der Waals surface area (Å²) in [5.41, 5.74) is 1.42. The van der Waals surface area contributed by atoms with Crippen molar-refractivity contribution in [1.82, 2.24) is 0 Å². The maximum atomic E-state index is 11.5. The highest BCUT2D eigenvalue weighted by Gasteiger charge is 2.45. The minimum atomic E-state index is -0.692. The molecule has 1 aliphatic carbocycles. The fraction of sp³-hybridized carbons (Fsp3) is 0.562. The average Bonchev–Trinajstić information content (AvgIpc) is 2.27. The maximum Gasteiger partial charge on any atom is 0.314 e. The van der Waals surface area contributed by atoms with Crippen molar-refractivity contribution in [3.05, 3.63) is 35.4 Å². The zero-order valence-corrected chi connectivity index (χ0v) is 11.9. The molecule has 3 heteroatoms. The Kier molecular flexibility index (Phi) is 3.68. The number of carboxylic acids is 1. The SMILES string of the molecule is COCC(C)(C)c1ccc(C2(C(=O)O)CCC2)cc1. The van der Waals surface area contributed by atoms with Crippen molar-refractivity contribution in [3.8, 4) is 0 Å². The van der Waals surface area contributed by atoms with Gasteiger partial charge in [-0.3, -0.25) is 4.79 Å². The predicted molar refractivity (Wildman–Crippen MR) is 74.5 cm³/mol. The summed E-state index contributed by atoms with van der Waals surface area (Å²) in [6.45, 7) is 4.90. The fourth-order valence-corrected chi connectivity index (χ4v) is 2.84. The van der Waals surface area contributed by atoms with Crippen LogP contribution in [0.15, 0.2) is 24.3 Å². The summed E-state index contributed by atoms with van der Waals surface area (Å²) in [6.07, 6.45) is 2.51. The summed E-state index contributed by atoms with van der Waals surface area (Å²) >= 11 is 0. The Morgan fingerprint density at radius 2 is 1.89 bits per heavy atom. The zero-order chi connectivity index (χ0) is 14.1. The van der Waals surface area contributed by atoms with Crippen molar-refractivity contribution in [3.63, 3.8) is 0 Å². The molecule has 1 fully saturated rings. The van der Waals surface area contributed by atoms with E-state index in [1.165, 1.54) is 5.56 Å². The van der Waals surface area contributed by atoms with Gasteiger partial charge in [-0.25, -0.2) is 0 Å². The first-order valence-corrected chi connectivity index (χ1v) is 6.76. The number of hydrogen-bond acceptors (Lipinski definition) is 2. The first-order chi connectivity index (χ1) is 8.92. The molecular formula is C16H22O3. The van der Waals surface area contributed by atoms with Crippen LogP contribution in [0.1, 0.15) is 44.2 Å². The Morgan fingerprint density at radius 3 is 2.26 bits per heavy atom. The number of benzene rings is 1. The number of ether oxygens (including phenoxy) is 1. The van der Waals surface area contributed by atoms with Gasteiger partial charge in [-0.1, -0.05) is 44.5 Å². The molecule has 0 unspecified atom stereocenters. The van der Waals surface area contributed by atoms with Crippen LogP contribution in [-0.4, -0.2) is 24.8 Å². The lowest BCUT2D eigenvalue weighted by Gasteiger charge is -2.38. The Bertz CT molecular complexity index is 455. The first kappa shape index (κ1) is 14.1. The second-order valence-electron chi connectivity index (χ2n) is 6.14. The molecule has 0 aliphatic heterocycles. The number of hydrogen-bond donors (Lipinski definition) is 1. The molecule has 104 valence electrons. The summed E-state index contributed by atoms with van der Waals surface area (Å²) in [7, 11) is 1.70. The van der Waals surface area contributed by atoms with E-state index in [1.54, 1.807) is 7.11 Å². The molecule has 0 bridgehead atoms. The van der Waals surface area contributed by atoms with E-state index in [2.05, 4.69) is 13.8 Å². The second-order valence-corrected chi connectivity index (χ2v) is 6.14. The van der Waals surface area contributed by atoms with Crippen LogP contribution in [-0.2, 0) is 20.4 Å². The first-order valence-electron chi connectivity index (χ1n) is 6.76. The smallest absolute Gasteiger partial charge is 0.314 e. The fourth-order valence-electron chi connectivity index (χ4n) is 2.84. The Hall–Kier alpha value is -1.35. The van der Waals surface area contributed by atoms with Crippen LogP contribution in [0.25, 0.3) is 0 Å². The van der Waals surface area contributed by atoms with Gasteiger partial charge in [0.25, 0.3) is 0 Å². The lowest BCUT2D eigenvalue weighted by molar-refractivity contribution is -0.147. The number of carbonyl (C=O) groups is 1. The maximum absolute atomic E-state index is 11.5. The third-order valence-corrected chi connectivity index (χ3v) is 4.34. The summed E-state index contributed by atoms with van der Waals surface area (Å²) in [6, 6.07) is 8.02. The summed E-state index contributed by atoms with van der Waals surface area (Å²) in [4.78, 5) is 11.5. The van der Waals surface area contributed by atoms with Crippen LogP contribution in [0.3, 0.4) is 0 Å². The molecule has 2 rings (SSSR count). The highest BCUT2D eigenvalue weighted by molar-refractivity contribution is 5.82. The lowest BCUT2D eigenvalue weighted by atomic mass is 9.64. The number of aliphatic carboxylic acids is 1. The van der Waals surface area contributed by atoms with E-state index in [9.17, 15) is 9.90 Å². The highest BCUT2D eigenvalue weighted by Crippen LogP contribution is 2.44. The quantitative estimate of drug-likeness (QED) is 0.886. The molecule has 0 radical (unpaired) electrons. The molecule has 1 aromatic carbocycles. The molecular weight excluding hydrogens is 240 g/mol. The van der Waals surface area contributed by atoms with E-state index < -0.39 is 11.4 Å². The van der Waals surface area contributed by atoms with Gasteiger partial charge in [0, 0.05) is 12.5 Å². The minimum Gasteiger partial charge on any atom is -0.481 e. The van der Waals surface area contributed by atoms with Crippen molar-refractivity contribution in [2.45, 2.75) is 43.9 Å². The normalized spacial score (nSPS) is 17.8. The van der Waals surface area contributed by atoms with E-state index in [-0.39, 0.29) is 5.41 Å². The summed E-state index contributed by atoms with van der Waals surface area (Å²) in [5.74, 6) is -0.692. The van der Waals surface area contributed by atoms with Crippen LogP contribution in [0, 0.1) is 0 Å². The largest absolute Gasteiger partial charge is 0.481 e. The van der Waals surface area contributed by atoms with E-state index in [4.69, 9.17) is 4.74 Å². The molecule has 0 aromatic heterocycles. The van der Waals surface area contributed by atoms with Gasteiger partial charge in [0.05, 0.1) is 12.0 Å². The van der Waals surface area contributed by atoms with Crippen molar-refractivity contribution in [2.24, 2.45) is 0 Å². The molecule has 0 atom stereocenters. The molecule has 0 amide bonds. The van der Waals surface area contributed by atoms with Crippen LogP contribution < -0.4 is 0 Å². The standard InChI is InChI=1S/C16H22O3/c1-15(2,11-19-3)12-5-7-13(8-6-12)16(14(17)18)9-4-10-16/h5-8H,4,9-11H2,1-3H3,(H,17,18). The monoisotopic (exact) mass is 262 g/mol. The lowest BCUT2D eigenvalue weighted by Crippen LogP contribution is -2.42. The molecule has 3 nitrogen and oxygen atoms in total. The van der Waals surface area contributed by atoms with Crippen LogP contribution in [0.2, 0.25) is 0 Å². The second kappa shape index (κ2) is 4.97. The van der Waals surface area contributed by atoms with E-state index in [1.807, 2.05) is 24.3 Å². The third kappa shape index (κ3) is 2.39. The molecule has 1 saturated carbocycles. The van der Waals surface area contributed by atoms with Gasteiger partial charge in [-0.05, 0) is 24.0 Å². The van der Waals surface area contributed by atoms with Crippen LogP contribution in [0.4, 0.5) is 0 Å². The number of carboxylic acid groups (broad SMARTS) is 1. The molecule has 1 N–H and O–H groups in total. The molecule has 0 spiro atoms. The zero-order valence-electron chi connectivity index (χ0n) is 11.9. The van der Waals surface area contributed by atoms with E-state index >= 15 is 0 Å². The number of rotatable bonds is 5. The molecule has 1 aromatic rings. The molecule has 19 heavy (non-hydrogen) atoms. The van der Waals surface area contributed by atoms with Crippen LogP contribution in [0.5, 0.6) is 0 Å². The topological polar surface area (TPSA) is 46.5 Å². The van der Waals surface area contributed by atoms with Crippen molar-refractivity contribution < 1.29 is 14.6 Å². The Balaban J connectivity index is 2.26. The molecule has 1 aliphatic rings. The van der Waals surface area contributed by atoms with Crippen molar-refractivity contribution >= 4 is 5.97 Å². The van der Waals surface area contributed by atoms with Gasteiger partial charge in [-0.2, -0.15) is 0 Å². The highest BCUT2D eigenvalue weighted by atomic mass is 16.5. The summed E-state index contributed by atoms with van der Waals surface area (Å²) < 4.78 is 5.24. The van der Waals surface area contributed by atoms with Crippen LogP contribution >= 0.6 is 0 Å². The van der Waals surface area contributed by atoms with Gasteiger partial charge >= 0.3 is 5.97 Å². The average molecular weight is 262 g/mol. The number of methoxy groups -OCH3 is 1. The molecule has 0 saturated heterocycles. The van der Waals surface area contributed by atoms with Gasteiger partial charge < -0.3 is 9.84 Å². The van der Waals surface area contributed by atoms with E-state index in [0.717, 1.165) is 24.8 Å². The van der Waals surface area contributed by atoms with Crippen molar-refractivity contribution in [2.75, 3.05) is 13.7 Å². The Labute approximate surface area is 114 Å².